The highest BCUT2D eigenvalue weighted by molar-refractivity contribution is 5.82. The van der Waals surface area contributed by atoms with E-state index in [1.54, 1.807) is 14.2 Å². The minimum atomic E-state index is 0.186. The molecule has 1 heterocycles. The summed E-state index contributed by atoms with van der Waals surface area (Å²) in [6.45, 7) is 2.01. The molecule has 0 saturated carbocycles. The number of hydrogen-bond acceptors (Lipinski definition) is 5. The number of nitrogen functional groups attached to an aromatic ring is 1. The number of pyridine rings is 1. The van der Waals surface area contributed by atoms with Crippen molar-refractivity contribution in [1.82, 2.24) is 4.98 Å². The molecule has 26 heavy (non-hydrogen) atoms. The van der Waals surface area contributed by atoms with Crippen LogP contribution in [-0.2, 0) is 0 Å². The zero-order valence-corrected chi connectivity index (χ0v) is 14.9. The van der Waals surface area contributed by atoms with Crippen LogP contribution in [0.4, 0.5) is 5.82 Å². The fourth-order valence-corrected chi connectivity index (χ4v) is 2.87. The maximum atomic E-state index is 9.56. The standard InChI is InChI=1S/C21H19N3O2/c1-13-5-4-6-14(9-13)16-11-19(24-21(23)18(16)12-22)17-10-15(25-2)7-8-20(17)26-3/h4-11H,1-3H3,(H2,23,24). The van der Waals surface area contributed by atoms with Gasteiger partial charge in [0.05, 0.1) is 19.9 Å². The van der Waals surface area contributed by atoms with Gasteiger partial charge in [-0.05, 0) is 36.8 Å². The molecule has 1 aromatic heterocycles. The van der Waals surface area contributed by atoms with Crippen LogP contribution in [0.3, 0.4) is 0 Å². The van der Waals surface area contributed by atoms with Gasteiger partial charge in [-0.25, -0.2) is 4.98 Å². The Morgan fingerprint density at radius 3 is 2.46 bits per heavy atom. The van der Waals surface area contributed by atoms with E-state index >= 15 is 0 Å². The SMILES string of the molecule is COc1ccc(OC)c(-c2cc(-c3cccc(C)c3)c(C#N)c(N)n2)c1. The van der Waals surface area contributed by atoms with E-state index < -0.39 is 0 Å². The number of ether oxygens (including phenoxy) is 2. The molecule has 2 aromatic carbocycles. The minimum absolute atomic E-state index is 0.186. The molecule has 0 radical (unpaired) electrons. The molecule has 0 aliphatic heterocycles. The largest absolute Gasteiger partial charge is 0.497 e. The Hall–Kier alpha value is -3.52. The van der Waals surface area contributed by atoms with E-state index in [9.17, 15) is 5.26 Å². The Bertz CT molecular complexity index is 1010. The lowest BCUT2D eigenvalue weighted by Gasteiger charge is -2.14. The lowest BCUT2D eigenvalue weighted by atomic mass is 9.97. The Morgan fingerprint density at radius 2 is 1.81 bits per heavy atom. The van der Waals surface area contributed by atoms with Crippen LogP contribution in [0.1, 0.15) is 11.1 Å². The highest BCUT2D eigenvalue weighted by Crippen LogP contribution is 2.36. The van der Waals surface area contributed by atoms with Crippen molar-refractivity contribution < 1.29 is 9.47 Å². The summed E-state index contributed by atoms with van der Waals surface area (Å²) in [5.41, 5.74) is 10.6. The number of nitrogens with zero attached hydrogens (tertiary/aromatic N) is 2. The van der Waals surface area contributed by atoms with Gasteiger partial charge in [-0.15, -0.1) is 0 Å². The molecule has 0 saturated heterocycles. The molecule has 0 unspecified atom stereocenters. The van der Waals surface area contributed by atoms with E-state index in [0.717, 1.165) is 22.3 Å². The van der Waals surface area contributed by atoms with Crippen LogP contribution in [-0.4, -0.2) is 19.2 Å². The maximum absolute atomic E-state index is 9.56. The van der Waals surface area contributed by atoms with Crippen molar-refractivity contribution in [3.05, 3.63) is 59.7 Å². The van der Waals surface area contributed by atoms with Gasteiger partial charge in [0.25, 0.3) is 0 Å². The summed E-state index contributed by atoms with van der Waals surface area (Å²) >= 11 is 0. The molecule has 0 aliphatic carbocycles. The van der Waals surface area contributed by atoms with Crippen molar-refractivity contribution in [3.63, 3.8) is 0 Å². The van der Waals surface area contributed by atoms with Gasteiger partial charge in [0.2, 0.25) is 0 Å². The van der Waals surface area contributed by atoms with Crippen LogP contribution >= 0.6 is 0 Å². The molecule has 5 heteroatoms. The molecule has 3 aromatic rings. The number of methoxy groups -OCH3 is 2. The number of nitrogens with two attached hydrogens (primary N) is 1. The molecule has 2 N–H and O–H groups in total. The zero-order valence-electron chi connectivity index (χ0n) is 14.9. The first kappa shape index (κ1) is 17.3. The van der Waals surface area contributed by atoms with Crippen molar-refractivity contribution in [3.8, 4) is 40.0 Å². The number of aromatic nitrogens is 1. The molecular weight excluding hydrogens is 326 g/mol. The third-order valence-electron chi connectivity index (χ3n) is 4.17. The molecule has 0 spiro atoms. The Labute approximate surface area is 152 Å². The van der Waals surface area contributed by atoms with E-state index in [1.807, 2.05) is 55.5 Å². The summed E-state index contributed by atoms with van der Waals surface area (Å²) in [4.78, 5) is 4.43. The van der Waals surface area contributed by atoms with E-state index in [4.69, 9.17) is 15.2 Å². The van der Waals surface area contributed by atoms with E-state index in [1.165, 1.54) is 0 Å². The van der Waals surface area contributed by atoms with Crippen LogP contribution in [0.2, 0.25) is 0 Å². The number of hydrogen-bond donors (Lipinski definition) is 1. The summed E-state index contributed by atoms with van der Waals surface area (Å²) in [5, 5.41) is 9.56. The summed E-state index contributed by atoms with van der Waals surface area (Å²) < 4.78 is 10.8. The number of benzene rings is 2. The fourth-order valence-electron chi connectivity index (χ4n) is 2.87. The third kappa shape index (κ3) is 3.17. The maximum Gasteiger partial charge on any atom is 0.142 e. The molecule has 3 rings (SSSR count). The Morgan fingerprint density at radius 1 is 1.00 bits per heavy atom. The van der Waals surface area contributed by atoms with Crippen LogP contribution in [0, 0.1) is 18.3 Å². The summed E-state index contributed by atoms with van der Waals surface area (Å²) in [5.74, 6) is 1.52. The first-order valence-electron chi connectivity index (χ1n) is 8.07. The first-order chi connectivity index (χ1) is 12.6. The Balaban J connectivity index is 2.27. The van der Waals surface area contributed by atoms with Gasteiger partial charge >= 0.3 is 0 Å². The van der Waals surface area contributed by atoms with Crippen LogP contribution in [0.15, 0.2) is 48.5 Å². The van der Waals surface area contributed by atoms with Crippen LogP contribution < -0.4 is 15.2 Å². The summed E-state index contributed by atoms with van der Waals surface area (Å²) in [6.07, 6.45) is 0. The van der Waals surface area contributed by atoms with Crippen LogP contribution in [0.25, 0.3) is 22.4 Å². The van der Waals surface area contributed by atoms with E-state index in [2.05, 4.69) is 11.1 Å². The van der Waals surface area contributed by atoms with Gasteiger partial charge in [0.1, 0.15) is 28.9 Å². The van der Waals surface area contributed by atoms with E-state index in [0.29, 0.717) is 22.8 Å². The topological polar surface area (TPSA) is 81.2 Å². The predicted molar refractivity (Wildman–Crippen MR) is 102 cm³/mol. The highest BCUT2D eigenvalue weighted by atomic mass is 16.5. The molecule has 0 atom stereocenters. The molecule has 0 amide bonds. The number of rotatable bonds is 4. The quantitative estimate of drug-likeness (QED) is 0.766. The molecule has 0 bridgehead atoms. The molecule has 130 valence electrons. The number of nitriles is 1. The highest BCUT2D eigenvalue weighted by Gasteiger charge is 2.16. The molecule has 5 nitrogen and oxygen atoms in total. The summed E-state index contributed by atoms with van der Waals surface area (Å²) in [7, 11) is 3.20. The fraction of sp³-hybridized carbons (Fsp3) is 0.143. The second-order valence-corrected chi connectivity index (χ2v) is 5.86. The van der Waals surface area contributed by atoms with Crippen molar-refractivity contribution in [2.24, 2.45) is 0 Å². The lowest BCUT2D eigenvalue weighted by molar-refractivity contribution is 0.404. The average molecular weight is 345 g/mol. The third-order valence-corrected chi connectivity index (χ3v) is 4.17. The Kier molecular flexibility index (Phi) is 4.76. The molecule has 0 aliphatic rings. The molecular formula is C21H19N3O2. The van der Waals surface area contributed by atoms with Crippen LogP contribution in [0.5, 0.6) is 11.5 Å². The van der Waals surface area contributed by atoms with Crippen molar-refractivity contribution in [1.29, 1.82) is 5.26 Å². The molecule has 0 fully saturated rings. The second-order valence-electron chi connectivity index (χ2n) is 5.86. The van der Waals surface area contributed by atoms with Gasteiger partial charge in [0, 0.05) is 11.1 Å². The average Bonchev–Trinajstić information content (AvgIpc) is 2.66. The van der Waals surface area contributed by atoms with Crippen molar-refractivity contribution in [2.75, 3.05) is 20.0 Å². The van der Waals surface area contributed by atoms with Gasteiger partial charge in [-0.3, -0.25) is 0 Å². The van der Waals surface area contributed by atoms with Crippen molar-refractivity contribution in [2.45, 2.75) is 6.92 Å². The normalized spacial score (nSPS) is 10.2. The monoisotopic (exact) mass is 345 g/mol. The van der Waals surface area contributed by atoms with Crippen molar-refractivity contribution >= 4 is 5.82 Å². The second kappa shape index (κ2) is 7.16. The van der Waals surface area contributed by atoms with E-state index in [-0.39, 0.29) is 5.82 Å². The van der Waals surface area contributed by atoms with Gasteiger partial charge in [-0.1, -0.05) is 29.8 Å². The summed E-state index contributed by atoms with van der Waals surface area (Å²) in [6, 6.07) is 17.4. The zero-order chi connectivity index (χ0) is 18.7. The number of anilines is 1. The minimum Gasteiger partial charge on any atom is -0.497 e. The predicted octanol–water partition coefficient (Wildman–Crippen LogP) is 4.20. The lowest BCUT2D eigenvalue weighted by Crippen LogP contribution is -2.01. The van der Waals surface area contributed by atoms with Gasteiger partial charge < -0.3 is 15.2 Å². The first-order valence-corrected chi connectivity index (χ1v) is 8.07. The smallest absolute Gasteiger partial charge is 0.142 e. The number of aryl methyl sites for hydroxylation is 1. The van der Waals surface area contributed by atoms with Gasteiger partial charge in [-0.2, -0.15) is 5.26 Å². The van der Waals surface area contributed by atoms with Gasteiger partial charge in [0.15, 0.2) is 0 Å².